The van der Waals surface area contributed by atoms with Crippen molar-refractivity contribution in [3.8, 4) is 11.5 Å². The van der Waals surface area contributed by atoms with Gasteiger partial charge in [-0.2, -0.15) is 0 Å². The van der Waals surface area contributed by atoms with Crippen molar-refractivity contribution in [1.29, 1.82) is 0 Å². The number of hydrogen-bond donors (Lipinski definition) is 3. The molecule has 0 spiro atoms. The Hall–Kier alpha value is -2.56. The number of rotatable bonds is 4. The highest BCUT2D eigenvalue weighted by Gasteiger charge is 2.05. The smallest absolute Gasteiger partial charge is 0.251 e. The number of aromatic hydroxyl groups is 2. The second-order valence-corrected chi connectivity index (χ2v) is 4.34. The molecule has 0 aliphatic carbocycles. The summed E-state index contributed by atoms with van der Waals surface area (Å²) in [6, 6.07) is 9.79. The molecule has 0 saturated heterocycles. The summed E-state index contributed by atoms with van der Waals surface area (Å²) in [7, 11) is 0. The summed E-state index contributed by atoms with van der Waals surface area (Å²) in [5.41, 5.74) is 1.18. The maximum atomic E-state index is 12.7. The van der Waals surface area contributed by atoms with Gasteiger partial charge >= 0.3 is 0 Å². The molecule has 0 heterocycles. The van der Waals surface area contributed by atoms with Gasteiger partial charge in [-0.05, 0) is 48.4 Å². The van der Waals surface area contributed by atoms with Crippen LogP contribution in [0.1, 0.15) is 15.9 Å². The predicted molar refractivity (Wildman–Crippen MR) is 72.2 cm³/mol. The minimum atomic E-state index is -0.388. The van der Waals surface area contributed by atoms with E-state index in [4.69, 9.17) is 0 Å². The average Bonchev–Trinajstić information content (AvgIpc) is 2.43. The molecule has 2 aromatic carbocycles. The van der Waals surface area contributed by atoms with E-state index in [1.807, 2.05) is 0 Å². The van der Waals surface area contributed by atoms with Gasteiger partial charge in [0.25, 0.3) is 5.91 Å². The molecular formula is C15H14FNO3. The molecule has 5 heteroatoms. The molecule has 2 rings (SSSR count). The fourth-order valence-electron chi connectivity index (χ4n) is 1.75. The number of benzene rings is 2. The second-order valence-electron chi connectivity index (χ2n) is 4.34. The second kappa shape index (κ2) is 6.06. The Bertz CT molecular complexity index is 611. The summed E-state index contributed by atoms with van der Waals surface area (Å²) in [5, 5.41) is 21.2. The molecule has 20 heavy (non-hydrogen) atoms. The van der Waals surface area contributed by atoms with Crippen molar-refractivity contribution in [2.24, 2.45) is 0 Å². The summed E-state index contributed by atoms with van der Waals surface area (Å²) in [5.74, 6) is -1.04. The topological polar surface area (TPSA) is 69.6 Å². The van der Waals surface area contributed by atoms with E-state index in [-0.39, 0.29) is 23.2 Å². The summed E-state index contributed by atoms with van der Waals surface area (Å²) in [4.78, 5) is 11.7. The lowest BCUT2D eigenvalue weighted by Gasteiger charge is -2.06. The first kappa shape index (κ1) is 13.9. The van der Waals surface area contributed by atoms with Crippen LogP contribution in [0.15, 0.2) is 42.5 Å². The Morgan fingerprint density at radius 2 is 1.75 bits per heavy atom. The van der Waals surface area contributed by atoms with E-state index in [1.54, 1.807) is 6.07 Å². The zero-order valence-electron chi connectivity index (χ0n) is 10.6. The number of phenols is 2. The van der Waals surface area contributed by atoms with Gasteiger partial charge in [0.05, 0.1) is 0 Å². The van der Waals surface area contributed by atoms with Gasteiger partial charge < -0.3 is 15.5 Å². The molecule has 0 saturated carbocycles. The van der Waals surface area contributed by atoms with Gasteiger partial charge in [0.2, 0.25) is 0 Å². The van der Waals surface area contributed by atoms with E-state index in [1.165, 1.54) is 36.4 Å². The van der Waals surface area contributed by atoms with Crippen LogP contribution < -0.4 is 5.32 Å². The number of phenolic OH excluding ortho intramolecular Hbond substituents is 2. The van der Waals surface area contributed by atoms with E-state index in [9.17, 15) is 19.4 Å². The number of halogens is 1. The molecule has 104 valence electrons. The van der Waals surface area contributed by atoms with Crippen LogP contribution in [0.25, 0.3) is 0 Å². The normalized spacial score (nSPS) is 10.2. The molecular weight excluding hydrogens is 261 g/mol. The SMILES string of the molecule is O=C(NCCc1ccc(O)c(O)c1)c1ccc(F)cc1. The lowest BCUT2D eigenvalue weighted by molar-refractivity contribution is 0.0954. The molecule has 0 aromatic heterocycles. The Kier molecular flexibility index (Phi) is 4.20. The van der Waals surface area contributed by atoms with Crippen LogP contribution in [0, 0.1) is 5.82 Å². The van der Waals surface area contributed by atoms with Gasteiger partial charge in [0, 0.05) is 12.1 Å². The van der Waals surface area contributed by atoms with Crippen LogP contribution in [-0.2, 0) is 6.42 Å². The largest absolute Gasteiger partial charge is 0.504 e. The summed E-state index contributed by atoms with van der Waals surface area (Å²) >= 11 is 0. The fourth-order valence-corrected chi connectivity index (χ4v) is 1.75. The summed E-state index contributed by atoms with van der Waals surface area (Å²) in [6.45, 7) is 0.375. The third-order valence-corrected chi connectivity index (χ3v) is 2.85. The average molecular weight is 275 g/mol. The highest BCUT2D eigenvalue weighted by Crippen LogP contribution is 2.24. The zero-order valence-corrected chi connectivity index (χ0v) is 10.6. The highest BCUT2D eigenvalue weighted by molar-refractivity contribution is 5.94. The van der Waals surface area contributed by atoms with Crippen LogP contribution >= 0.6 is 0 Å². The Labute approximate surface area is 115 Å². The molecule has 3 N–H and O–H groups in total. The molecule has 0 aliphatic heterocycles. The molecule has 0 fully saturated rings. The fraction of sp³-hybridized carbons (Fsp3) is 0.133. The minimum Gasteiger partial charge on any atom is -0.504 e. The van der Waals surface area contributed by atoms with Crippen LogP contribution in [-0.4, -0.2) is 22.7 Å². The standard InChI is InChI=1S/C15H14FNO3/c16-12-4-2-11(3-5-12)15(20)17-8-7-10-1-6-13(18)14(19)9-10/h1-6,9,18-19H,7-8H2,(H,17,20). The summed E-state index contributed by atoms with van der Waals surface area (Å²) < 4.78 is 12.7. The van der Waals surface area contributed by atoms with Crippen molar-refractivity contribution in [1.82, 2.24) is 5.32 Å². The van der Waals surface area contributed by atoms with Crippen LogP contribution in [0.4, 0.5) is 4.39 Å². The van der Waals surface area contributed by atoms with Crippen molar-refractivity contribution in [2.75, 3.05) is 6.54 Å². The predicted octanol–water partition coefficient (Wildman–Crippen LogP) is 2.21. The van der Waals surface area contributed by atoms with Gasteiger partial charge in [-0.25, -0.2) is 4.39 Å². The molecule has 4 nitrogen and oxygen atoms in total. The highest BCUT2D eigenvalue weighted by atomic mass is 19.1. The maximum Gasteiger partial charge on any atom is 0.251 e. The number of amides is 1. The van der Waals surface area contributed by atoms with Gasteiger partial charge in [-0.15, -0.1) is 0 Å². The number of hydrogen-bond acceptors (Lipinski definition) is 3. The zero-order chi connectivity index (χ0) is 14.5. The molecule has 1 amide bonds. The molecule has 2 aromatic rings. The quantitative estimate of drug-likeness (QED) is 0.749. The molecule has 0 unspecified atom stereocenters. The van der Waals surface area contributed by atoms with E-state index in [0.717, 1.165) is 5.56 Å². The Morgan fingerprint density at radius 1 is 1.05 bits per heavy atom. The first-order valence-electron chi connectivity index (χ1n) is 6.11. The minimum absolute atomic E-state index is 0.177. The molecule has 0 aliphatic rings. The van der Waals surface area contributed by atoms with Crippen molar-refractivity contribution < 1.29 is 19.4 Å². The van der Waals surface area contributed by atoms with Crippen LogP contribution in [0.3, 0.4) is 0 Å². The number of carbonyl (C=O) groups is 1. The Morgan fingerprint density at radius 3 is 2.40 bits per heavy atom. The van der Waals surface area contributed by atoms with E-state index < -0.39 is 0 Å². The third-order valence-electron chi connectivity index (χ3n) is 2.85. The van der Waals surface area contributed by atoms with Crippen LogP contribution in [0.5, 0.6) is 11.5 Å². The lowest BCUT2D eigenvalue weighted by Crippen LogP contribution is -2.25. The van der Waals surface area contributed by atoms with Crippen molar-refractivity contribution in [3.63, 3.8) is 0 Å². The van der Waals surface area contributed by atoms with E-state index >= 15 is 0 Å². The van der Waals surface area contributed by atoms with Crippen LogP contribution in [0.2, 0.25) is 0 Å². The number of carbonyl (C=O) groups excluding carboxylic acids is 1. The first-order valence-corrected chi connectivity index (χ1v) is 6.11. The maximum absolute atomic E-state index is 12.7. The third kappa shape index (κ3) is 3.47. The number of nitrogens with one attached hydrogen (secondary N) is 1. The molecule has 0 radical (unpaired) electrons. The van der Waals surface area contributed by atoms with Crippen molar-refractivity contribution >= 4 is 5.91 Å². The monoisotopic (exact) mass is 275 g/mol. The Balaban J connectivity index is 1.87. The van der Waals surface area contributed by atoms with Gasteiger partial charge in [-0.1, -0.05) is 6.07 Å². The van der Waals surface area contributed by atoms with E-state index in [0.29, 0.717) is 18.5 Å². The van der Waals surface area contributed by atoms with Crippen molar-refractivity contribution in [3.05, 3.63) is 59.4 Å². The van der Waals surface area contributed by atoms with Gasteiger partial charge in [0.15, 0.2) is 11.5 Å². The van der Waals surface area contributed by atoms with Crippen molar-refractivity contribution in [2.45, 2.75) is 6.42 Å². The molecule has 0 atom stereocenters. The van der Waals surface area contributed by atoms with E-state index in [2.05, 4.69) is 5.32 Å². The summed E-state index contributed by atoms with van der Waals surface area (Å²) in [6.07, 6.45) is 0.515. The van der Waals surface area contributed by atoms with Gasteiger partial charge in [-0.3, -0.25) is 4.79 Å². The molecule has 0 bridgehead atoms. The lowest BCUT2D eigenvalue weighted by atomic mass is 10.1. The first-order chi connectivity index (χ1) is 9.56. The van der Waals surface area contributed by atoms with Gasteiger partial charge in [0.1, 0.15) is 5.82 Å².